The van der Waals surface area contributed by atoms with E-state index in [9.17, 15) is 4.79 Å². The van der Waals surface area contributed by atoms with Gasteiger partial charge in [0.25, 0.3) is 0 Å². The number of benzene rings is 2. The number of carbonyl (C=O) groups excluding carboxylic acids is 1. The molecule has 8 heteroatoms. The van der Waals surface area contributed by atoms with Crippen molar-refractivity contribution in [1.82, 2.24) is 13.6 Å². The fourth-order valence-corrected chi connectivity index (χ4v) is 5.92. The summed E-state index contributed by atoms with van der Waals surface area (Å²) < 4.78 is 26.3. The Bertz CT molecular complexity index is 1350. The molecule has 0 radical (unpaired) electrons. The fourth-order valence-electron chi connectivity index (χ4n) is 5.40. The van der Waals surface area contributed by atoms with Crippen LogP contribution < -0.4 is 14.2 Å². The molecule has 1 aliphatic carbocycles. The van der Waals surface area contributed by atoms with Gasteiger partial charge < -0.3 is 19.1 Å². The van der Waals surface area contributed by atoms with E-state index in [1.807, 2.05) is 41.3 Å². The van der Waals surface area contributed by atoms with Crippen LogP contribution in [-0.4, -0.2) is 39.4 Å². The first-order chi connectivity index (χ1) is 15.7. The Morgan fingerprint density at radius 2 is 1.88 bits per heavy atom. The number of hydrogen-bond acceptors (Lipinski definition) is 7. The molecule has 3 aromatic rings. The second-order valence-corrected chi connectivity index (χ2v) is 9.07. The lowest BCUT2D eigenvalue weighted by molar-refractivity contribution is -0.133. The van der Waals surface area contributed by atoms with E-state index in [2.05, 4.69) is 20.9 Å². The molecule has 2 aromatic carbocycles. The van der Waals surface area contributed by atoms with Crippen LogP contribution in [-0.2, 0) is 16.8 Å². The first-order valence-electron chi connectivity index (χ1n) is 10.7. The smallest absolute Gasteiger partial charge is 0.242 e. The molecule has 7 rings (SSSR count). The highest BCUT2D eigenvalue weighted by Gasteiger charge is 2.61. The summed E-state index contributed by atoms with van der Waals surface area (Å²) in [4.78, 5) is 16.0. The highest BCUT2D eigenvalue weighted by molar-refractivity contribution is 7.00. The van der Waals surface area contributed by atoms with Crippen LogP contribution in [0, 0.1) is 5.92 Å². The van der Waals surface area contributed by atoms with Crippen molar-refractivity contribution < 1.29 is 19.0 Å². The van der Waals surface area contributed by atoms with Crippen molar-refractivity contribution in [2.75, 3.05) is 19.8 Å². The van der Waals surface area contributed by atoms with Crippen molar-refractivity contribution in [1.29, 1.82) is 0 Å². The van der Waals surface area contributed by atoms with Crippen LogP contribution in [0.3, 0.4) is 0 Å². The number of carbonyl (C=O) groups is 1. The van der Waals surface area contributed by atoms with Gasteiger partial charge in [-0.25, -0.2) is 0 Å². The van der Waals surface area contributed by atoms with Gasteiger partial charge in [-0.05, 0) is 36.3 Å². The van der Waals surface area contributed by atoms with E-state index in [1.165, 1.54) is 11.7 Å². The second-order valence-electron chi connectivity index (χ2n) is 8.54. The summed E-state index contributed by atoms with van der Waals surface area (Å²) in [6.45, 7) is 1.84. The van der Waals surface area contributed by atoms with Gasteiger partial charge in [-0.1, -0.05) is 18.2 Å². The van der Waals surface area contributed by atoms with Gasteiger partial charge in [-0.3, -0.25) is 4.79 Å². The summed E-state index contributed by atoms with van der Waals surface area (Å²) in [5, 5.41) is 0. The predicted molar refractivity (Wildman–Crippen MR) is 118 cm³/mol. The molecule has 32 heavy (non-hydrogen) atoms. The minimum Gasteiger partial charge on any atom is -0.492 e. The summed E-state index contributed by atoms with van der Waals surface area (Å²) >= 11 is 1.20. The van der Waals surface area contributed by atoms with E-state index in [4.69, 9.17) is 14.2 Å². The summed E-state index contributed by atoms with van der Waals surface area (Å²) in [7, 11) is 0. The van der Waals surface area contributed by atoms with Crippen LogP contribution in [0.4, 0.5) is 0 Å². The van der Waals surface area contributed by atoms with E-state index < -0.39 is 5.41 Å². The summed E-state index contributed by atoms with van der Waals surface area (Å²) in [6.07, 6.45) is 7.04. The Morgan fingerprint density at radius 3 is 2.78 bits per heavy atom. The molecule has 3 aliphatic heterocycles. The maximum atomic E-state index is 14.1. The van der Waals surface area contributed by atoms with Crippen molar-refractivity contribution >= 4 is 28.7 Å². The van der Waals surface area contributed by atoms with Gasteiger partial charge in [0.05, 0.1) is 18.3 Å². The molecule has 1 saturated heterocycles. The molecule has 1 spiro atoms. The monoisotopic (exact) mass is 445 g/mol. The molecular weight excluding hydrogens is 426 g/mol. The van der Waals surface area contributed by atoms with Crippen LogP contribution in [0.5, 0.6) is 17.2 Å². The summed E-state index contributed by atoms with van der Waals surface area (Å²) in [5.74, 6) is 2.18. The molecule has 1 fully saturated rings. The van der Waals surface area contributed by atoms with Crippen molar-refractivity contribution in [2.45, 2.75) is 18.4 Å². The number of amides is 1. The third kappa shape index (κ3) is 2.38. The van der Waals surface area contributed by atoms with E-state index in [1.54, 1.807) is 0 Å². The van der Waals surface area contributed by atoms with Crippen LogP contribution in [0.25, 0.3) is 11.0 Å². The standard InChI is InChI=1S/C24H19N3O4S/c28-23-24(13-31-20-11-22-21(10-16(20)24)29-7-8-30-22)15-3-1-2-4-19(15)27(23)12-14-5-6-17-18(9-14)26-32-25-17/h1-2,4-6,9-11,15H,3,7-8,12-13H2. The third-order valence-electron chi connectivity index (χ3n) is 6.90. The van der Waals surface area contributed by atoms with E-state index >= 15 is 0 Å². The largest absolute Gasteiger partial charge is 0.492 e. The maximum absolute atomic E-state index is 14.1. The van der Waals surface area contributed by atoms with Crippen LogP contribution in [0.2, 0.25) is 0 Å². The zero-order valence-electron chi connectivity index (χ0n) is 17.1. The molecule has 7 nitrogen and oxygen atoms in total. The molecule has 160 valence electrons. The second kappa shape index (κ2) is 6.56. The van der Waals surface area contributed by atoms with Crippen LogP contribution in [0.15, 0.2) is 54.3 Å². The number of likely N-dealkylation sites (tertiary alicyclic amines) is 1. The first kappa shape index (κ1) is 18.2. The quantitative estimate of drug-likeness (QED) is 0.600. The lowest BCUT2D eigenvalue weighted by Crippen LogP contribution is -2.42. The van der Waals surface area contributed by atoms with Crippen LogP contribution >= 0.6 is 11.7 Å². The molecule has 0 bridgehead atoms. The predicted octanol–water partition coefficient (Wildman–Crippen LogP) is 3.60. The van der Waals surface area contributed by atoms with Gasteiger partial charge >= 0.3 is 0 Å². The van der Waals surface area contributed by atoms with Crippen molar-refractivity contribution in [2.24, 2.45) is 5.92 Å². The van der Waals surface area contributed by atoms with Gasteiger partial charge in [0.1, 0.15) is 42.0 Å². The summed E-state index contributed by atoms with van der Waals surface area (Å²) in [5.41, 5.74) is 3.96. The molecule has 4 aliphatic rings. The lowest BCUT2D eigenvalue weighted by Gasteiger charge is -2.28. The summed E-state index contributed by atoms with van der Waals surface area (Å²) in [6, 6.07) is 9.85. The van der Waals surface area contributed by atoms with Gasteiger partial charge in [-0.15, -0.1) is 0 Å². The Balaban J connectivity index is 1.33. The van der Waals surface area contributed by atoms with Crippen LogP contribution in [0.1, 0.15) is 17.5 Å². The van der Waals surface area contributed by atoms with Crippen molar-refractivity contribution in [3.05, 3.63) is 65.4 Å². The van der Waals surface area contributed by atoms with Gasteiger partial charge in [0.2, 0.25) is 5.91 Å². The Labute approximate surface area is 188 Å². The van der Waals surface area contributed by atoms with Crippen molar-refractivity contribution in [3.8, 4) is 17.2 Å². The number of ether oxygens (including phenoxy) is 3. The molecule has 2 unspecified atom stereocenters. The minimum absolute atomic E-state index is 0.0217. The van der Waals surface area contributed by atoms with Gasteiger partial charge in [0.15, 0.2) is 11.5 Å². The average molecular weight is 446 g/mol. The average Bonchev–Trinajstić information content (AvgIpc) is 3.50. The number of nitrogens with zero attached hydrogens (tertiary/aromatic N) is 3. The number of rotatable bonds is 2. The first-order valence-corrected chi connectivity index (χ1v) is 11.4. The number of hydrogen-bond donors (Lipinski definition) is 0. The molecule has 2 atom stereocenters. The third-order valence-corrected chi connectivity index (χ3v) is 7.46. The molecule has 4 heterocycles. The SMILES string of the molecule is O=C1N(Cc2ccc3nsnc3c2)C2=CC=CCC2C12COc1cc3c(cc12)OCCO3. The molecule has 0 saturated carbocycles. The Morgan fingerprint density at radius 1 is 1.03 bits per heavy atom. The topological polar surface area (TPSA) is 73.8 Å². The highest BCUT2D eigenvalue weighted by Crippen LogP contribution is 2.57. The molecule has 1 amide bonds. The zero-order valence-corrected chi connectivity index (χ0v) is 17.9. The number of allylic oxidation sites excluding steroid dienone is 4. The van der Waals surface area contributed by atoms with Crippen molar-refractivity contribution in [3.63, 3.8) is 0 Å². The highest BCUT2D eigenvalue weighted by atomic mass is 32.1. The van der Waals surface area contributed by atoms with E-state index in [0.29, 0.717) is 43.6 Å². The Hall–Kier alpha value is -3.39. The zero-order chi connectivity index (χ0) is 21.3. The minimum atomic E-state index is -0.756. The van der Waals surface area contributed by atoms with E-state index in [-0.39, 0.29) is 11.8 Å². The number of fused-ring (bicyclic) bond motifs is 6. The molecule has 1 aromatic heterocycles. The van der Waals surface area contributed by atoms with Gasteiger partial charge in [-0.2, -0.15) is 8.75 Å². The molecular formula is C24H19N3O4S. The van der Waals surface area contributed by atoms with Gasteiger partial charge in [0, 0.05) is 23.2 Å². The van der Waals surface area contributed by atoms with E-state index in [0.717, 1.165) is 34.3 Å². The Kier molecular flexibility index (Phi) is 3.73. The number of aromatic nitrogens is 2. The lowest BCUT2D eigenvalue weighted by atomic mass is 9.70. The maximum Gasteiger partial charge on any atom is 0.242 e. The fraction of sp³-hybridized carbons (Fsp3) is 0.292. The molecule has 0 N–H and O–H groups in total. The normalized spacial score (nSPS) is 25.1.